The van der Waals surface area contributed by atoms with Crippen LogP contribution in [0.1, 0.15) is 43.4 Å². The molecule has 11 nitrogen and oxygen atoms in total. The summed E-state index contributed by atoms with van der Waals surface area (Å²) in [6.07, 6.45) is -0.341. The molecule has 4 atom stereocenters. The van der Waals surface area contributed by atoms with Gasteiger partial charge in [0.1, 0.15) is 51.3 Å². The molecular formula is C92H82NO10P3. The zero-order valence-electron chi connectivity index (χ0n) is 60.7. The van der Waals surface area contributed by atoms with Gasteiger partial charge in [-0.25, -0.2) is 4.79 Å². The lowest BCUT2D eigenvalue weighted by Gasteiger charge is -2.36. The number of hydrogen-bond acceptors (Lipinski definition) is 10. The molecule has 106 heavy (non-hydrogen) atoms. The van der Waals surface area contributed by atoms with E-state index in [4.69, 9.17) is 41.3 Å². The van der Waals surface area contributed by atoms with Crippen molar-refractivity contribution in [2.24, 2.45) is 5.92 Å². The van der Waals surface area contributed by atoms with Crippen LogP contribution in [0, 0.1) is 12.8 Å². The maximum Gasteiger partial charge on any atom is 0.453 e. The number of fused-ring (bicyclic) bond motifs is 9. The molecule has 14 heteroatoms. The second-order valence-electron chi connectivity index (χ2n) is 27.3. The fourth-order valence-electron chi connectivity index (χ4n) is 15.2. The van der Waals surface area contributed by atoms with Crippen LogP contribution in [-0.4, -0.2) is 70.9 Å². The third-order valence-corrected chi connectivity index (χ3v) is 26.2. The molecule has 0 saturated carbocycles. The van der Waals surface area contributed by atoms with Gasteiger partial charge in [-0.1, -0.05) is 249 Å². The van der Waals surface area contributed by atoms with E-state index in [0.29, 0.717) is 36.1 Å². The monoisotopic (exact) mass is 1450 g/mol. The van der Waals surface area contributed by atoms with Crippen LogP contribution in [0.3, 0.4) is 0 Å². The van der Waals surface area contributed by atoms with Gasteiger partial charge in [0.15, 0.2) is 0 Å². The fraction of sp³-hybridized carbons (Fsp3) is 0.163. The van der Waals surface area contributed by atoms with Crippen LogP contribution in [0.25, 0.3) is 76.2 Å². The van der Waals surface area contributed by atoms with Crippen LogP contribution in [0.5, 0.6) is 34.5 Å². The molecule has 1 saturated heterocycles. The first-order valence-electron chi connectivity index (χ1n) is 35.5. The van der Waals surface area contributed by atoms with Crippen molar-refractivity contribution >= 4 is 122 Å². The molecular weight excluding hydrogens is 1370 g/mol. The lowest BCUT2D eigenvalue weighted by atomic mass is 9.78. The van der Waals surface area contributed by atoms with Crippen LogP contribution in [0.15, 0.2) is 300 Å². The van der Waals surface area contributed by atoms with Crippen molar-refractivity contribution in [3.05, 3.63) is 308 Å². The predicted molar refractivity (Wildman–Crippen MR) is 439 cm³/mol. The smallest absolute Gasteiger partial charge is 0.453 e. The lowest BCUT2D eigenvalue weighted by Crippen LogP contribution is -2.36. The topological polar surface area (TPSA) is 111 Å². The Morgan fingerprint density at radius 2 is 0.887 bits per heavy atom. The molecule has 530 valence electrons. The minimum Gasteiger partial charge on any atom is -0.496 e. The van der Waals surface area contributed by atoms with Gasteiger partial charge < -0.3 is 46.2 Å². The first kappa shape index (κ1) is 70.6. The average Bonchev–Trinajstić information content (AvgIpc) is 1.20. The van der Waals surface area contributed by atoms with Crippen LogP contribution in [0.2, 0.25) is 0 Å². The first-order valence-corrected chi connectivity index (χ1v) is 39.4. The zero-order chi connectivity index (χ0) is 73.0. The second kappa shape index (κ2) is 30.9. The molecule has 0 aliphatic carbocycles. The molecule has 2 unspecified atom stereocenters. The van der Waals surface area contributed by atoms with Crippen molar-refractivity contribution in [3.63, 3.8) is 0 Å². The Morgan fingerprint density at radius 3 is 1.38 bits per heavy atom. The Bertz CT molecular complexity index is 5550. The highest BCUT2D eigenvalue weighted by Crippen LogP contribution is 2.58. The van der Waals surface area contributed by atoms with Crippen LogP contribution < -0.4 is 54.7 Å². The predicted octanol–water partition coefficient (Wildman–Crippen LogP) is 21.7. The Balaban J connectivity index is 0.000000172. The molecule has 1 aromatic heterocycles. The summed E-state index contributed by atoms with van der Waals surface area (Å²) in [5.74, 6) is 3.84. The quantitative estimate of drug-likeness (QED) is 0.0817. The number of hydrogen-bond donors (Lipinski definition) is 0. The van der Waals surface area contributed by atoms with Gasteiger partial charge in [-0.15, -0.1) is 0 Å². The molecule has 2 heterocycles. The number of carbonyl (C=O) groups is 1. The molecule has 14 aromatic carbocycles. The number of rotatable bonds is 17. The molecule has 16 rings (SSSR count). The molecule has 1 fully saturated rings. The summed E-state index contributed by atoms with van der Waals surface area (Å²) in [7, 11) is 4.19. The molecule has 1 aliphatic heterocycles. The van der Waals surface area contributed by atoms with E-state index in [1.807, 2.05) is 56.9 Å². The molecule has 15 aromatic rings. The minimum atomic E-state index is -1.97. The summed E-state index contributed by atoms with van der Waals surface area (Å²) in [5, 5.41) is 17.0. The van der Waals surface area contributed by atoms with E-state index < -0.39 is 29.7 Å². The van der Waals surface area contributed by atoms with Gasteiger partial charge in [-0.3, -0.25) is 0 Å². The van der Waals surface area contributed by atoms with Crippen molar-refractivity contribution in [1.82, 2.24) is 4.90 Å². The van der Waals surface area contributed by atoms with E-state index in [0.717, 1.165) is 104 Å². The Morgan fingerprint density at radius 1 is 0.453 bits per heavy atom. The molecule has 0 N–H and O–H groups in total. The van der Waals surface area contributed by atoms with Gasteiger partial charge in [0.2, 0.25) is 0 Å². The summed E-state index contributed by atoms with van der Waals surface area (Å²) in [6, 6.07) is 102. The molecule has 1 aliphatic rings. The second-order valence-corrected chi connectivity index (χ2v) is 32.9. The largest absolute Gasteiger partial charge is 0.496 e. The summed E-state index contributed by atoms with van der Waals surface area (Å²) in [5.41, 5.74) is 5.99. The number of aryl methyl sites for hydroxylation is 1. The Labute approximate surface area is 622 Å². The third-order valence-electron chi connectivity index (χ3n) is 19.7. The normalized spacial score (nSPS) is 14.2. The van der Waals surface area contributed by atoms with Crippen LogP contribution >= 0.6 is 24.1 Å². The van der Waals surface area contributed by atoms with Gasteiger partial charge in [0.25, 0.3) is 0 Å². The number of methoxy groups -OCH3 is 5. The highest BCUT2D eigenvalue weighted by atomic mass is 31.1. The minimum absolute atomic E-state index is 0.0814. The standard InChI is InChI=1S/C52H34O3P2.C40H48NO7P/c1-3-19-39(20-4-1)56(40-21-5-2-6-22-40)48-34-30-38-18-10-14-26-44(38)52(48)51-43-25-13-9-17-37(43)29-33-47(51)55-57-53-45-31-27-35-15-7-11-23-41(35)49(45)50-42-24-12-8-16-36(42)28-32-46(50)54-57;1-26-20-31(44-6)37(32(21-26)45-7)36(27-16-12-10-13-17-27)30-24-41(39(42)48-40(2,3)4)25-35(30)49(29-18-14-11-15-19-29)38-33(46-8)22-28(43-5)23-34(38)47-9/h1-34H;10-23,30,35-36H,24-25H2,1-9H3/t;30-,35-,36?,49?/m.1/s1. The highest BCUT2D eigenvalue weighted by molar-refractivity contribution is 7.80. The van der Waals surface area contributed by atoms with E-state index in [2.05, 4.69) is 267 Å². The summed E-state index contributed by atoms with van der Waals surface area (Å²) < 4.78 is 57.1. The number of likely N-dealkylation sites (tertiary alicyclic amines) is 1. The van der Waals surface area contributed by atoms with Crippen molar-refractivity contribution in [1.29, 1.82) is 0 Å². The van der Waals surface area contributed by atoms with Gasteiger partial charge in [-0.05, 0) is 155 Å². The summed E-state index contributed by atoms with van der Waals surface area (Å²) in [6.45, 7) is 8.63. The Hall–Kier alpha value is -11.1. The SMILES string of the molecule is COc1cc(OC)c(P(c2ccccc2)[C@@H]2CN(C(=O)OC(C)(C)C)C[C@H]2C(c2ccccc2)c2c(OC)cc(C)cc2OC)c(OC)c1.c1ccc(P(c2ccccc2)c2ccc3ccccc3c2-c2c(Op3oc4ccc5ccccc5c4c4c(ccc5ccccc54)o3)ccc3ccccc23)cc1. The fourth-order valence-corrected chi connectivity index (χ4v) is 22.0. The van der Waals surface area contributed by atoms with E-state index in [9.17, 15) is 4.79 Å². The zero-order valence-corrected chi connectivity index (χ0v) is 63.4. The van der Waals surface area contributed by atoms with E-state index in [-0.39, 0.29) is 23.6 Å². The van der Waals surface area contributed by atoms with Gasteiger partial charge >= 0.3 is 14.3 Å². The number of benzene rings is 14. The lowest BCUT2D eigenvalue weighted by molar-refractivity contribution is 0.0287. The number of nitrogens with zero attached hydrogens (tertiary/aromatic N) is 1. The van der Waals surface area contributed by atoms with E-state index >= 15 is 0 Å². The van der Waals surface area contributed by atoms with Gasteiger partial charge in [0, 0.05) is 64.3 Å². The summed E-state index contributed by atoms with van der Waals surface area (Å²) >= 11 is 0. The first-order chi connectivity index (χ1) is 51.8. The summed E-state index contributed by atoms with van der Waals surface area (Å²) in [4.78, 5) is 15.8. The third kappa shape index (κ3) is 14.1. The highest BCUT2D eigenvalue weighted by Gasteiger charge is 2.49. The van der Waals surface area contributed by atoms with E-state index in [1.54, 1.807) is 35.5 Å². The van der Waals surface area contributed by atoms with Crippen molar-refractivity contribution in [2.45, 2.75) is 44.9 Å². The van der Waals surface area contributed by atoms with Crippen molar-refractivity contribution in [3.8, 4) is 45.6 Å². The Kier molecular flexibility index (Phi) is 20.6. The van der Waals surface area contributed by atoms with Crippen molar-refractivity contribution in [2.75, 3.05) is 48.6 Å². The number of ether oxygens (including phenoxy) is 6. The maximum absolute atomic E-state index is 14.0. The molecule has 0 radical (unpaired) electrons. The van der Waals surface area contributed by atoms with Gasteiger partial charge in [0.05, 0.1) is 40.9 Å². The number of amides is 1. The van der Waals surface area contributed by atoms with Crippen LogP contribution in [0.4, 0.5) is 4.79 Å². The average molecular weight is 1450 g/mol. The van der Waals surface area contributed by atoms with E-state index in [1.165, 1.54) is 26.7 Å². The van der Waals surface area contributed by atoms with Crippen LogP contribution in [-0.2, 0) is 4.74 Å². The number of carbonyl (C=O) groups excluding carboxylic acids is 1. The van der Waals surface area contributed by atoms with Crippen molar-refractivity contribution < 1.29 is 46.1 Å². The maximum atomic E-state index is 14.0. The molecule has 1 amide bonds. The van der Waals surface area contributed by atoms with Gasteiger partial charge in [-0.2, -0.15) is 0 Å². The molecule has 0 spiro atoms. The molecule has 0 bridgehead atoms.